The van der Waals surface area contributed by atoms with Crippen molar-refractivity contribution < 1.29 is 9.53 Å². The summed E-state index contributed by atoms with van der Waals surface area (Å²) in [5, 5.41) is 7.36. The van der Waals surface area contributed by atoms with Gasteiger partial charge in [0.25, 0.3) is 5.91 Å². The molecule has 0 saturated carbocycles. The second-order valence-corrected chi connectivity index (χ2v) is 6.31. The third-order valence-electron chi connectivity index (χ3n) is 3.68. The maximum absolute atomic E-state index is 12.1. The Morgan fingerprint density at radius 1 is 1.33 bits per heavy atom. The van der Waals surface area contributed by atoms with E-state index in [-0.39, 0.29) is 5.91 Å². The van der Waals surface area contributed by atoms with Crippen molar-refractivity contribution in [2.24, 2.45) is 0 Å². The predicted octanol–water partition coefficient (Wildman–Crippen LogP) is 2.40. The summed E-state index contributed by atoms with van der Waals surface area (Å²) >= 11 is 1.53. The van der Waals surface area contributed by atoms with E-state index in [1.54, 1.807) is 0 Å². The Morgan fingerprint density at radius 2 is 2.14 bits per heavy atom. The van der Waals surface area contributed by atoms with Crippen molar-refractivity contribution in [3.8, 4) is 0 Å². The SMILES string of the molecule is O=C(NCCOC1CCNCC1)c1cc2ccccc2s1. The number of nitrogens with one attached hydrogen (secondary N) is 2. The number of ether oxygens (including phenoxy) is 1. The van der Waals surface area contributed by atoms with Crippen molar-refractivity contribution in [3.63, 3.8) is 0 Å². The standard InChI is InChI=1S/C16H20N2O2S/c19-16(15-11-12-3-1-2-4-14(12)21-15)18-9-10-20-13-5-7-17-8-6-13/h1-4,11,13,17H,5-10H2,(H,18,19). The average molecular weight is 304 g/mol. The van der Waals surface area contributed by atoms with Crippen molar-refractivity contribution in [2.45, 2.75) is 18.9 Å². The van der Waals surface area contributed by atoms with Crippen LogP contribution in [0.1, 0.15) is 22.5 Å². The molecule has 1 amide bonds. The van der Waals surface area contributed by atoms with Crippen molar-refractivity contribution >= 4 is 27.3 Å². The maximum Gasteiger partial charge on any atom is 0.261 e. The van der Waals surface area contributed by atoms with Crippen LogP contribution < -0.4 is 10.6 Å². The van der Waals surface area contributed by atoms with Gasteiger partial charge in [-0.3, -0.25) is 4.79 Å². The van der Waals surface area contributed by atoms with Gasteiger partial charge in [-0.05, 0) is 43.5 Å². The number of thiophene rings is 1. The summed E-state index contributed by atoms with van der Waals surface area (Å²) in [4.78, 5) is 12.9. The van der Waals surface area contributed by atoms with Crippen LogP contribution in [0.2, 0.25) is 0 Å². The average Bonchev–Trinajstić information content (AvgIpc) is 2.96. The fourth-order valence-electron chi connectivity index (χ4n) is 2.53. The quantitative estimate of drug-likeness (QED) is 0.834. The van der Waals surface area contributed by atoms with Gasteiger partial charge in [0.15, 0.2) is 0 Å². The van der Waals surface area contributed by atoms with E-state index in [0.717, 1.165) is 40.9 Å². The largest absolute Gasteiger partial charge is 0.376 e. The van der Waals surface area contributed by atoms with Crippen LogP contribution in [0.4, 0.5) is 0 Å². The van der Waals surface area contributed by atoms with E-state index in [1.807, 2.05) is 30.3 Å². The molecule has 1 aromatic carbocycles. The normalized spacial score (nSPS) is 16.2. The van der Waals surface area contributed by atoms with Crippen LogP contribution >= 0.6 is 11.3 Å². The smallest absolute Gasteiger partial charge is 0.261 e. The van der Waals surface area contributed by atoms with Gasteiger partial charge in [0.2, 0.25) is 0 Å². The van der Waals surface area contributed by atoms with Gasteiger partial charge in [-0.25, -0.2) is 0 Å². The molecule has 3 rings (SSSR count). The Kier molecular flexibility index (Phi) is 4.85. The summed E-state index contributed by atoms with van der Waals surface area (Å²) in [5.74, 6) is -0.00916. The molecule has 0 aliphatic carbocycles. The molecule has 0 radical (unpaired) electrons. The summed E-state index contributed by atoms with van der Waals surface area (Å²) in [6.07, 6.45) is 2.46. The molecule has 5 heteroatoms. The zero-order valence-corrected chi connectivity index (χ0v) is 12.7. The molecule has 21 heavy (non-hydrogen) atoms. The lowest BCUT2D eigenvalue weighted by Crippen LogP contribution is -2.34. The van der Waals surface area contributed by atoms with E-state index in [2.05, 4.69) is 10.6 Å². The first-order valence-corrected chi connectivity index (χ1v) is 8.24. The van der Waals surface area contributed by atoms with Crippen LogP contribution in [0.15, 0.2) is 30.3 Å². The summed E-state index contributed by atoms with van der Waals surface area (Å²) in [6.45, 7) is 3.20. The van der Waals surface area contributed by atoms with Crippen LogP contribution in [0, 0.1) is 0 Å². The van der Waals surface area contributed by atoms with E-state index in [1.165, 1.54) is 11.3 Å². The first-order chi connectivity index (χ1) is 10.3. The van der Waals surface area contributed by atoms with Crippen molar-refractivity contribution in [1.82, 2.24) is 10.6 Å². The van der Waals surface area contributed by atoms with Gasteiger partial charge in [0.05, 0.1) is 17.6 Å². The Labute approximate surface area is 128 Å². The molecule has 0 bridgehead atoms. The lowest BCUT2D eigenvalue weighted by molar-refractivity contribution is 0.0343. The fourth-order valence-corrected chi connectivity index (χ4v) is 3.51. The Bertz CT molecular complexity index is 572. The number of hydrogen-bond donors (Lipinski definition) is 2. The minimum absolute atomic E-state index is 0.00916. The van der Waals surface area contributed by atoms with Crippen LogP contribution in [0.3, 0.4) is 0 Å². The van der Waals surface area contributed by atoms with Crippen molar-refractivity contribution in [2.75, 3.05) is 26.2 Å². The monoisotopic (exact) mass is 304 g/mol. The molecule has 2 heterocycles. The van der Waals surface area contributed by atoms with E-state index >= 15 is 0 Å². The van der Waals surface area contributed by atoms with Gasteiger partial charge in [-0.2, -0.15) is 0 Å². The van der Waals surface area contributed by atoms with Crippen LogP contribution in [-0.4, -0.2) is 38.3 Å². The van der Waals surface area contributed by atoms with Gasteiger partial charge >= 0.3 is 0 Å². The molecule has 1 saturated heterocycles. The van der Waals surface area contributed by atoms with Crippen LogP contribution in [-0.2, 0) is 4.74 Å². The van der Waals surface area contributed by atoms with Gasteiger partial charge in [0.1, 0.15) is 0 Å². The van der Waals surface area contributed by atoms with Gasteiger partial charge in [0, 0.05) is 11.2 Å². The summed E-state index contributed by atoms with van der Waals surface area (Å²) in [5.41, 5.74) is 0. The first kappa shape index (κ1) is 14.5. The fraction of sp³-hybridized carbons (Fsp3) is 0.438. The van der Waals surface area contributed by atoms with Gasteiger partial charge < -0.3 is 15.4 Å². The van der Waals surface area contributed by atoms with Gasteiger partial charge in [-0.15, -0.1) is 11.3 Å². The molecular formula is C16H20N2O2S. The number of fused-ring (bicyclic) bond motifs is 1. The third kappa shape index (κ3) is 3.81. The highest BCUT2D eigenvalue weighted by atomic mass is 32.1. The molecule has 1 aliphatic rings. The number of rotatable bonds is 5. The first-order valence-electron chi connectivity index (χ1n) is 7.42. The third-order valence-corrected chi connectivity index (χ3v) is 4.79. The van der Waals surface area contributed by atoms with Crippen LogP contribution in [0.5, 0.6) is 0 Å². The highest BCUT2D eigenvalue weighted by Crippen LogP contribution is 2.24. The summed E-state index contributed by atoms with van der Waals surface area (Å²) in [7, 11) is 0. The zero-order valence-electron chi connectivity index (χ0n) is 11.9. The molecule has 1 fully saturated rings. The number of carbonyl (C=O) groups excluding carboxylic acids is 1. The maximum atomic E-state index is 12.1. The number of benzene rings is 1. The van der Waals surface area contributed by atoms with E-state index in [4.69, 9.17) is 4.74 Å². The molecular weight excluding hydrogens is 284 g/mol. The van der Waals surface area contributed by atoms with Gasteiger partial charge in [-0.1, -0.05) is 18.2 Å². The molecule has 0 unspecified atom stereocenters. The minimum Gasteiger partial charge on any atom is -0.376 e. The molecule has 0 atom stereocenters. The molecule has 112 valence electrons. The molecule has 1 aromatic heterocycles. The Hall–Kier alpha value is -1.43. The minimum atomic E-state index is -0.00916. The second-order valence-electron chi connectivity index (χ2n) is 5.22. The molecule has 2 aromatic rings. The number of hydrogen-bond acceptors (Lipinski definition) is 4. The Morgan fingerprint density at radius 3 is 2.95 bits per heavy atom. The molecule has 4 nitrogen and oxygen atoms in total. The van der Waals surface area contributed by atoms with Crippen molar-refractivity contribution in [3.05, 3.63) is 35.2 Å². The number of carbonyl (C=O) groups is 1. The molecule has 2 N–H and O–H groups in total. The number of amides is 1. The predicted molar refractivity (Wildman–Crippen MR) is 86.0 cm³/mol. The lowest BCUT2D eigenvalue weighted by Gasteiger charge is -2.22. The zero-order chi connectivity index (χ0) is 14.5. The van der Waals surface area contributed by atoms with E-state index in [0.29, 0.717) is 19.3 Å². The van der Waals surface area contributed by atoms with Crippen molar-refractivity contribution in [1.29, 1.82) is 0 Å². The lowest BCUT2D eigenvalue weighted by atomic mass is 10.1. The van der Waals surface area contributed by atoms with Crippen LogP contribution in [0.25, 0.3) is 10.1 Å². The highest BCUT2D eigenvalue weighted by Gasteiger charge is 2.13. The molecule has 1 aliphatic heterocycles. The number of piperidine rings is 1. The molecule has 0 spiro atoms. The summed E-state index contributed by atoms with van der Waals surface area (Å²) < 4.78 is 6.92. The highest BCUT2D eigenvalue weighted by molar-refractivity contribution is 7.20. The van der Waals surface area contributed by atoms with E-state index in [9.17, 15) is 4.79 Å². The van der Waals surface area contributed by atoms with E-state index < -0.39 is 0 Å². The second kappa shape index (κ2) is 7.02. The topological polar surface area (TPSA) is 50.4 Å². The Balaban J connectivity index is 1.45. The summed E-state index contributed by atoms with van der Waals surface area (Å²) in [6, 6.07) is 10.00.